The zero-order valence-electron chi connectivity index (χ0n) is 22.8. The van der Waals surface area contributed by atoms with Gasteiger partial charge in [-0.25, -0.2) is 17.9 Å². The van der Waals surface area contributed by atoms with Gasteiger partial charge in [-0.3, -0.25) is 4.79 Å². The molecule has 12 heteroatoms. The summed E-state index contributed by atoms with van der Waals surface area (Å²) < 4.78 is 36.1. The summed E-state index contributed by atoms with van der Waals surface area (Å²) in [6, 6.07) is 4.71. The highest BCUT2D eigenvalue weighted by Gasteiger charge is 2.30. The van der Waals surface area contributed by atoms with Crippen molar-refractivity contribution < 1.29 is 18.0 Å². The number of rotatable bonds is 7. The minimum atomic E-state index is -3.80. The van der Waals surface area contributed by atoms with Gasteiger partial charge in [-0.2, -0.15) is 4.31 Å². The average Bonchev–Trinajstić information content (AvgIpc) is 3.08. The maximum Gasteiger partial charge on any atom is 0.277 e. The van der Waals surface area contributed by atoms with E-state index >= 15 is 0 Å². The van der Waals surface area contributed by atoms with Crippen LogP contribution in [0.25, 0.3) is 16.9 Å². The Morgan fingerprint density at radius 2 is 1.85 bits per heavy atom. The molecule has 0 unspecified atom stereocenters. The first-order valence-corrected chi connectivity index (χ1v) is 15.1. The highest BCUT2D eigenvalue weighted by Crippen LogP contribution is 2.34. The first-order valence-electron chi connectivity index (χ1n) is 13.7. The van der Waals surface area contributed by atoms with Crippen LogP contribution >= 0.6 is 0 Å². The molecule has 1 saturated carbocycles. The fourth-order valence-corrected chi connectivity index (χ4v) is 7.07. The molecule has 2 aliphatic rings. The number of aromatic nitrogens is 4. The molecule has 0 bridgehead atoms. The van der Waals surface area contributed by atoms with Crippen LogP contribution in [-0.4, -0.2) is 64.8 Å². The maximum absolute atomic E-state index is 13.6. The average molecular weight is 557 g/mol. The Hall–Kier alpha value is -3.25. The van der Waals surface area contributed by atoms with Gasteiger partial charge in [-0.05, 0) is 44.9 Å². The molecule has 0 spiro atoms. The number of piperidine rings is 1. The number of sulfonamides is 1. The lowest BCUT2D eigenvalue weighted by Crippen LogP contribution is -2.38. The third-order valence-corrected chi connectivity index (χ3v) is 9.48. The molecule has 0 radical (unpaired) electrons. The number of oxime groups is 1. The van der Waals surface area contributed by atoms with Crippen LogP contribution in [0.3, 0.4) is 0 Å². The predicted molar refractivity (Wildman–Crippen MR) is 148 cm³/mol. The number of benzene rings is 1. The van der Waals surface area contributed by atoms with Crippen LogP contribution < -0.4 is 10.3 Å². The van der Waals surface area contributed by atoms with Gasteiger partial charge in [0.05, 0.1) is 28.5 Å². The van der Waals surface area contributed by atoms with Crippen molar-refractivity contribution in [3.8, 4) is 17.1 Å². The number of fused-ring (bicyclic) bond motifs is 1. The third-order valence-electron chi connectivity index (χ3n) is 7.58. The Morgan fingerprint density at radius 1 is 1.13 bits per heavy atom. The van der Waals surface area contributed by atoms with Crippen molar-refractivity contribution in [2.45, 2.75) is 76.0 Å². The summed E-state index contributed by atoms with van der Waals surface area (Å²) in [6.45, 7) is 4.67. The van der Waals surface area contributed by atoms with Crippen molar-refractivity contribution in [3.05, 3.63) is 40.1 Å². The zero-order chi connectivity index (χ0) is 27.6. The van der Waals surface area contributed by atoms with Gasteiger partial charge in [0.25, 0.3) is 5.56 Å². The SMILES string of the molecule is CCOc1ccc(S(=O)(=O)N2CCC(=NOC)CC2)cc1-c1nn2c(C3CCCCCC3)nc(C)c2c(=O)[nH]1. The second kappa shape index (κ2) is 11.5. The topological polar surface area (TPSA) is 131 Å². The van der Waals surface area contributed by atoms with E-state index in [0.29, 0.717) is 55.1 Å². The molecule has 1 N–H and O–H groups in total. The van der Waals surface area contributed by atoms with Crippen molar-refractivity contribution in [2.24, 2.45) is 5.16 Å². The lowest BCUT2D eigenvalue weighted by molar-refractivity contribution is 0.209. The van der Waals surface area contributed by atoms with Gasteiger partial charge in [0.1, 0.15) is 18.7 Å². The molecular formula is C27H36N6O5S. The highest BCUT2D eigenvalue weighted by molar-refractivity contribution is 7.89. The molecule has 3 aromatic rings. The van der Waals surface area contributed by atoms with E-state index in [1.165, 1.54) is 36.4 Å². The van der Waals surface area contributed by atoms with E-state index in [-0.39, 0.29) is 22.2 Å². The molecule has 210 valence electrons. The Kier molecular flexibility index (Phi) is 8.03. The molecule has 1 saturated heterocycles. The lowest BCUT2D eigenvalue weighted by atomic mass is 10.00. The summed E-state index contributed by atoms with van der Waals surface area (Å²) in [5.41, 5.74) is 1.99. The molecule has 3 heterocycles. The van der Waals surface area contributed by atoms with Gasteiger partial charge in [0, 0.05) is 31.8 Å². The van der Waals surface area contributed by atoms with Crippen molar-refractivity contribution in [2.75, 3.05) is 26.8 Å². The van der Waals surface area contributed by atoms with Crippen molar-refractivity contribution in [1.82, 2.24) is 23.9 Å². The molecule has 11 nitrogen and oxygen atoms in total. The van der Waals surface area contributed by atoms with Crippen LogP contribution in [0.5, 0.6) is 5.75 Å². The summed E-state index contributed by atoms with van der Waals surface area (Å²) in [5, 5.41) is 8.79. The minimum Gasteiger partial charge on any atom is -0.493 e. The fraction of sp³-hybridized carbons (Fsp3) is 0.556. The van der Waals surface area contributed by atoms with E-state index in [4.69, 9.17) is 19.7 Å². The minimum absolute atomic E-state index is 0.113. The van der Waals surface area contributed by atoms with E-state index in [2.05, 4.69) is 10.1 Å². The first-order chi connectivity index (χ1) is 18.8. The van der Waals surface area contributed by atoms with E-state index in [1.54, 1.807) is 10.6 Å². The summed E-state index contributed by atoms with van der Waals surface area (Å²) in [7, 11) is -2.31. The molecular weight excluding hydrogens is 520 g/mol. The molecule has 39 heavy (non-hydrogen) atoms. The smallest absolute Gasteiger partial charge is 0.277 e. The van der Waals surface area contributed by atoms with Gasteiger partial charge >= 0.3 is 0 Å². The molecule has 1 aromatic carbocycles. The van der Waals surface area contributed by atoms with E-state index in [0.717, 1.165) is 37.2 Å². The number of aromatic amines is 1. The lowest BCUT2D eigenvalue weighted by Gasteiger charge is -2.27. The number of aryl methyl sites for hydroxylation is 1. The summed E-state index contributed by atoms with van der Waals surface area (Å²) in [6.07, 6.45) is 7.68. The van der Waals surface area contributed by atoms with Crippen LogP contribution in [0.1, 0.15) is 75.7 Å². The molecule has 2 fully saturated rings. The first kappa shape index (κ1) is 27.3. The summed E-state index contributed by atoms with van der Waals surface area (Å²) in [5.74, 6) is 1.70. The number of ether oxygens (including phenoxy) is 1. The van der Waals surface area contributed by atoms with Crippen LogP contribution in [0.4, 0.5) is 0 Å². The fourth-order valence-electron chi connectivity index (χ4n) is 5.61. The van der Waals surface area contributed by atoms with E-state index < -0.39 is 10.0 Å². The van der Waals surface area contributed by atoms with Crippen molar-refractivity contribution in [1.29, 1.82) is 0 Å². The molecule has 2 aromatic heterocycles. The number of hydrogen-bond acceptors (Lipinski definition) is 8. The predicted octanol–water partition coefficient (Wildman–Crippen LogP) is 4.02. The monoisotopic (exact) mass is 556 g/mol. The quantitative estimate of drug-likeness (QED) is 0.343. The van der Waals surface area contributed by atoms with Crippen LogP contribution in [0.2, 0.25) is 0 Å². The Bertz CT molecular complexity index is 1530. The van der Waals surface area contributed by atoms with E-state index in [9.17, 15) is 13.2 Å². The largest absolute Gasteiger partial charge is 0.493 e. The number of H-pyrrole nitrogens is 1. The van der Waals surface area contributed by atoms with Gasteiger partial charge in [0.15, 0.2) is 11.3 Å². The highest BCUT2D eigenvalue weighted by atomic mass is 32.2. The van der Waals surface area contributed by atoms with Gasteiger partial charge in [-0.1, -0.05) is 30.8 Å². The normalized spacial score (nSPS) is 17.8. The third kappa shape index (κ3) is 5.44. The summed E-state index contributed by atoms with van der Waals surface area (Å²) in [4.78, 5) is 25.9. The molecule has 1 aliphatic carbocycles. The summed E-state index contributed by atoms with van der Waals surface area (Å²) >= 11 is 0. The molecule has 0 amide bonds. The Balaban J connectivity index is 1.58. The standard InChI is InChI=1S/C27H36N6O5S/c1-4-38-23-12-11-21(39(35,36)32-15-13-20(14-16-32)31-37-3)17-22(23)25-29-27(34)24-18(2)28-26(33(24)30-25)19-9-7-5-6-8-10-19/h11-12,17,19H,4-10,13-16H2,1-3H3,(H,29,30,34). The molecule has 1 aliphatic heterocycles. The Morgan fingerprint density at radius 3 is 2.51 bits per heavy atom. The van der Waals surface area contributed by atoms with E-state index in [1.807, 2.05) is 13.8 Å². The maximum atomic E-state index is 13.6. The number of hydrogen-bond donors (Lipinski definition) is 1. The Labute approximate surface area is 228 Å². The molecule has 5 rings (SSSR count). The zero-order valence-corrected chi connectivity index (χ0v) is 23.6. The second-order valence-electron chi connectivity index (χ2n) is 10.1. The second-order valence-corrected chi connectivity index (χ2v) is 12.1. The van der Waals surface area contributed by atoms with Gasteiger partial charge in [-0.15, -0.1) is 5.10 Å². The van der Waals surface area contributed by atoms with Crippen LogP contribution in [0.15, 0.2) is 33.0 Å². The van der Waals surface area contributed by atoms with Crippen LogP contribution in [0, 0.1) is 6.92 Å². The van der Waals surface area contributed by atoms with Gasteiger partial charge < -0.3 is 14.6 Å². The molecule has 0 atom stereocenters. The number of nitrogens with one attached hydrogen (secondary N) is 1. The van der Waals surface area contributed by atoms with Crippen LogP contribution in [-0.2, 0) is 14.9 Å². The number of imidazole rings is 1. The van der Waals surface area contributed by atoms with Crippen molar-refractivity contribution in [3.63, 3.8) is 0 Å². The number of nitrogens with zero attached hydrogens (tertiary/aromatic N) is 5. The van der Waals surface area contributed by atoms with Crippen molar-refractivity contribution >= 4 is 21.3 Å². The van der Waals surface area contributed by atoms with Gasteiger partial charge in [0.2, 0.25) is 10.0 Å².